The third-order valence-electron chi connectivity index (χ3n) is 4.64. The van der Waals surface area contributed by atoms with Crippen molar-refractivity contribution in [3.05, 3.63) is 34.3 Å². The maximum Gasteiger partial charge on any atom is 0.0453 e. The molecule has 112 valence electrons. The minimum absolute atomic E-state index is 0.563. The first-order valence-electron chi connectivity index (χ1n) is 7.73. The molecular formula is C17H27ClN2. The van der Waals surface area contributed by atoms with Gasteiger partial charge in [0.2, 0.25) is 0 Å². The lowest BCUT2D eigenvalue weighted by molar-refractivity contribution is 0.112. The molecule has 1 saturated heterocycles. The van der Waals surface area contributed by atoms with E-state index in [1.807, 2.05) is 0 Å². The van der Waals surface area contributed by atoms with Crippen LogP contribution in [0.4, 0.5) is 0 Å². The summed E-state index contributed by atoms with van der Waals surface area (Å²) >= 11 is 6.38. The molecular weight excluding hydrogens is 268 g/mol. The topological polar surface area (TPSA) is 15.3 Å². The van der Waals surface area contributed by atoms with Crippen LogP contribution in [0, 0.1) is 12.8 Å². The second kappa shape index (κ2) is 6.93. The molecule has 1 aromatic carbocycles. The largest absolute Gasteiger partial charge is 0.311 e. The highest BCUT2D eigenvalue weighted by molar-refractivity contribution is 6.31. The van der Waals surface area contributed by atoms with Crippen LogP contribution in [0.25, 0.3) is 0 Å². The standard InChI is InChI=1S/C17H27ClN2/c1-5-13(3)17-11-20(14(4)9-19-17)10-15-7-6-12(2)8-16(15)18/h6-8,13-14,17,19H,5,9-11H2,1-4H3. The molecule has 1 fully saturated rings. The fourth-order valence-corrected chi connectivity index (χ4v) is 3.13. The van der Waals surface area contributed by atoms with Gasteiger partial charge in [0.05, 0.1) is 0 Å². The van der Waals surface area contributed by atoms with E-state index in [1.165, 1.54) is 17.5 Å². The first-order valence-corrected chi connectivity index (χ1v) is 8.11. The average molecular weight is 295 g/mol. The van der Waals surface area contributed by atoms with Gasteiger partial charge < -0.3 is 5.32 Å². The van der Waals surface area contributed by atoms with Crippen LogP contribution < -0.4 is 5.32 Å². The summed E-state index contributed by atoms with van der Waals surface area (Å²) in [6.45, 7) is 12.1. The number of hydrogen-bond donors (Lipinski definition) is 1. The van der Waals surface area contributed by atoms with E-state index in [0.29, 0.717) is 12.1 Å². The lowest BCUT2D eigenvalue weighted by Crippen LogP contribution is -2.56. The van der Waals surface area contributed by atoms with E-state index in [0.717, 1.165) is 30.6 Å². The molecule has 0 spiro atoms. The van der Waals surface area contributed by atoms with Crippen LogP contribution in [0.15, 0.2) is 18.2 Å². The normalized spacial score (nSPS) is 25.6. The van der Waals surface area contributed by atoms with Crippen molar-refractivity contribution in [1.29, 1.82) is 0 Å². The smallest absolute Gasteiger partial charge is 0.0453 e. The van der Waals surface area contributed by atoms with E-state index >= 15 is 0 Å². The van der Waals surface area contributed by atoms with Crippen molar-refractivity contribution in [2.24, 2.45) is 5.92 Å². The first kappa shape index (κ1) is 15.8. The van der Waals surface area contributed by atoms with Gasteiger partial charge in [0, 0.05) is 36.7 Å². The highest BCUT2D eigenvalue weighted by atomic mass is 35.5. The fraction of sp³-hybridized carbons (Fsp3) is 0.647. The van der Waals surface area contributed by atoms with Gasteiger partial charge in [-0.25, -0.2) is 0 Å². The molecule has 1 aromatic rings. The Morgan fingerprint density at radius 3 is 2.85 bits per heavy atom. The lowest BCUT2D eigenvalue weighted by atomic mass is 9.95. The highest BCUT2D eigenvalue weighted by Gasteiger charge is 2.27. The molecule has 2 nitrogen and oxygen atoms in total. The van der Waals surface area contributed by atoms with Crippen LogP contribution in [-0.4, -0.2) is 30.1 Å². The second-order valence-electron chi connectivity index (χ2n) is 6.27. The Morgan fingerprint density at radius 1 is 1.45 bits per heavy atom. The molecule has 1 heterocycles. The summed E-state index contributed by atoms with van der Waals surface area (Å²) < 4.78 is 0. The van der Waals surface area contributed by atoms with Crippen LogP contribution in [0.2, 0.25) is 5.02 Å². The third-order valence-corrected chi connectivity index (χ3v) is 4.99. The molecule has 0 bridgehead atoms. The van der Waals surface area contributed by atoms with Crippen molar-refractivity contribution in [1.82, 2.24) is 10.2 Å². The minimum atomic E-state index is 0.563. The Hall–Kier alpha value is -0.570. The van der Waals surface area contributed by atoms with E-state index in [9.17, 15) is 0 Å². The van der Waals surface area contributed by atoms with E-state index in [4.69, 9.17) is 11.6 Å². The number of piperazine rings is 1. The number of rotatable bonds is 4. The van der Waals surface area contributed by atoms with E-state index < -0.39 is 0 Å². The predicted octanol–water partition coefficient (Wildman–Crippen LogP) is 3.86. The summed E-state index contributed by atoms with van der Waals surface area (Å²) in [5.74, 6) is 0.721. The van der Waals surface area contributed by atoms with Crippen molar-refractivity contribution in [2.75, 3.05) is 13.1 Å². The molecule has 0 amide bonds. The first-order chi connectivity index (χ1) is 9.51. The zero-order valence-electron chi connectivity index (χ0n) is 13.1. The number of halogens is 1. The second-order valence-corrected chi connectivity index (χ2v) is 6.68. The molecule has 3 heteroatoms. The number of nitrogens with zero attached hydrogens (tertiary/aromatic N) is 1. The van der Waals surface area contributed by atoms with Crippen LogP contribution in [0.3, 0.4) is 0 Å². The van der Waals surface area contributed by atoms with E-state index in [2.05, 4.69) is 56.1 Å². The van der Waals surface area contributed by atoms with Gasteiger partial charge in [0.25, 0.3) is 0 Å². The summed E-state index contributed by atoms with van der Waals surface area (Å²) in [5.41, 5.74) is 2.47. The van der Waals surface area contributed by atoms with E-state index in [1.54, 1.807) is 0 Å². The molecule has 1 aliphatic heterocycles. The Bertz CT molecular complexity index is 447. The van der Waals surface area contributed by atoms with Gasteiger partial charge in [-0.05, 0) is 37.0 Å². The van der Waals surface area contributed by atoms with Gasteiger partial charge in [-0.15, -0.1) is 0 Å². The zero-order chi connectivity index (χ0) is 14.7. The number of nitrogens with one attached hydrogen (secondary N) is 1. The summed E-state index contributed by atoms with van der Waals surface area (Å²) in [5, 5.41) is 4.58. The Kier molecular flexibility index (Phi) is 5.48. The predicted molar refractivity (Wildman–Crippen MR) is 87.3 cm³/mol. The van der Waals surface area contributed by atoms with Crippen molar-refractivity contribution in [3.63, 3.8) is 0 Å². The summed E-state index contributed by atoms with van der Waals surface area (Å²) in [6, 6.07) is 7.55. The van der Waals surface area contributed by atoms with Crippen molar-refractivity contribution >= 4 is 11.6 Å². The van der Waals surface area contributed by atoms with Crippen molar-refractivity contribution in [2.45, 2.75) is 52.7 Å². The molecule has 2 rings (SSSR count). The van der Waals surface area contributed by atoms with Gasteiger partial charge in [-0.2, -0.15) is 0 Å². The molecule has 0 aromatic heterocycles. The Labute approximate surface area is 128 Å². The van der Waals surface area contributed by atoms with Crippen LogP contribution in [0.5, 0.6) is 0 Å². The van der Waals surface area contributed by atoms with Crippen LogP contribution in [0.1, 0.15) is 38.3 Å². The zero-order valence-corrected chi connectivity index (χ0v) is 13.9. The van der Waals surface area contributed by atoms with Crippen molar-refractivity contribution < 1.29 is 0 Å². The molecule has 20 heavy (non-hydrogen) atoms. The van der Waals surface area contributed by atoms with E-state index in [-0.39, 0.29) is 0 Å². The number of benzene rings is 1. The van der Waals surface area contributed by atoms with Gasteiger partial charge >= 0.3 is 0 Å². The monoisotopic (exact) mass is 294 g/mol. The highest BCUT2D eigenvalue weighted by Crippen LogP contribution is 2.22. The SMILES string of the molecule is CCC(C)C1CN(Cc2ccc(C)cc2Cl)C(C)CN1. The molecule has 0 saturated carbocycles. The molecule has 3 unspecified atom stereocenters. The molecule has 3 atom stereocenters. The lowest BCUT2D eigenvalue weighted by Gasteiger charge is -2.41. The van der Waals surface area contributed by atoms with Crippen LogP contribution >= 0.6 is 11.6 Å². The maximum atomic E-state index is 6.38. The number of hydrogen-bond acceptors (Lipinski definition) is 2. The summed E-state index contributed by atoms with van der Waals surface area (Å²) in [7, 11) is 0. The average Bonchev–Trinajstić information content (AvgIpc) is 2.43. The van der Waals surface area contributed by atoms with Gasteiger partial charge in [0.15, 0.2) is 0 Å². The van der Waals surface area contributed by atoms with Crippen molar-refractivity contribution in [3.8, 4) is 0 Å². The van der Waals surface area contributed by atoms with Gasteiger partial charge in [0.1, 0.15) is 0 Å². The molecule has 1 aliphatic rings. The Morgan fingerprint density at radius 2 is 2.20 bits per heavy atom. The maximum absolute atomic E-state index is 6.38. The summed E-state index contributed by atoms with van der Waals surface area (Å²) in [4.78, 5) is 2.56. The molecule has 1 N–H and O–H groups in total. The molecule has 0 radical (unpaired) electrons. The minimum Gasteiger partial charge on any atom is -0.311 e. The van der Waals surface area contributed by atoms with Gasteiger partial charge in [-0.1, -0.05) is 44.0 Å². The van der Waals surface area contributed by atoms with Gasteiger partial charge in [-0.3, -0.25) is 4.90 Å². The summed E-state index contributed by atoms with van der Waals surface area (Å²) in [6.07, 6.45) is 1.23. The van der Waals surface area contributed by atoms with Crippen LogP contribution in [-0.2, 0) is 6.54 Å². The fourth-order valence-electron chi connectivity index (χ4n) is 2.83. The number of aryl methyl sites for hydroxylation is 1. The quantitative estimate of drug-likeness (QED) is 0.907. The third kappa shape index (κ3) is 3.75. The Balaban J connectivity index is 2.06. The molecule has 0 aliphatic carbocycles.